The molecule has 0 saturated carbocycles. The Kier molecular flexibility index (Phi) is 4.94. The van der Waals surface area contributed by atoms with E-state index in [0.29, 0.717) is 31.5 Å². The topological polar surface area (TPSA) is 78.5 Å². The van der Waals surface area contributed by atoms with Gasteiger partial charge in [-0.2, -0.15) is 11.3 Å². The van der Waals surface area contributed by atoms with Crippen LogP contribution in [0.1, 0.15) is 29.5 Å². The highest BCUT2D eigenvalue weighted by atomic mass is 32.1. The number of thiophene rings is 1. The first-order valence-electron chi connectivity index (χ1n) is 9.18. The van der Waals surface area contributed by atoms with Gasteiger partial charge in [-0.15, -0.1) is 0 Å². The quantitative estimate of drug-likeness (QED) is 0.795. The third kappa shape index (κ3) is 3.73. The van der Waals surface area contributed by atoms with Crippen LogP contribution in [0.15, 0.2) is 29.0 Å². The molecule has 0 bridgehead atoms. The molecule has 2 N–H and O–H groups in total. The van der Waals surface area contributed by atoms with Gasteiger partial charge >= 0.3 is 11.8 Å². The molecule has 27 heavy (non-hydrogen) atoms. The number of aryl methyl sites for hydroxylation is 2. The fraction of sp³-hybridized carbons (Fsp3) is 0.350. The lowest BCUT2D eigenvalue weighted by Gasteiger charge is -2.35. The predicted octanol–water partition coefficient (Wildman–Crippen LogP) is 2.27. The summed E-state index contributed by atoms with van der Waals surface area (Å²) in [4.78, 5) is 38.2. The van der Waals surface area contributed by atoms with Gasteiger partial charge < -0.3 is 15.5 Å². The zero-order valence-corrected chi connectivity index (χ0v) is 15.7. The van der Waals surface area contributed by atoms with Crippen LogP contribution in [0.3, 0.4) is 0 Å². The molecule has 4 rings (SSSR count). The number of nitrogens with zero attached hydrogens (tertiary/aromatic N) is 1. The number of hydrogen-bond acceptors (Lipinski definition) is 4. The van der Waals surface area contributed by atoms with Gasteiger partial charge in [0, 0.05) is 25.2 Å². The molecule has 0 spiro atoms. The minimum Gasteiger partial charge on any atom is -0.347 e. The van der Waals surface area contributed by atoms with E-state index in [9.17, 15) is 14.4 Å². The number of carbonyl (C=O) groups is 3. The van der Waals surface area contributed by atoms with Crippen LogP contribution in [0.5, 0.6) is 0 Å². The highest BCUT2D eigenvalue weighted by Gasteiger charge is 2.29. The van der Waals surface area contributed by atoms with Crippen molar-refractivity contribution in [3.63, 3.8) is 0 Å². The molecule has 0 unspecified atom stereocenters. The van der Waals surface area contributed by atoms with Crippen molar-refractivity contribution in [2.75, 3.05) is 23.3 Å². The first kappa shape index (κ1) is 17.7. The summed E-state index contributed by atoms with van der Waals surface area (Å²) in [5, 5.41) is 9.38. The molecule has 140 valence electrons. The van der Waals surface area contributed by atoms with Crippen LogP contribution < -0.4 is 15.5 Å². The second-order valence-electron chi connectivity index (χ2n) is 6.88. The molecular weight excluding hydrogens is 362 g/mol. The third-order valence-corrected chi connectivity index (χ3v) is 5.75. The van der Waals surface area contributed by atoms with E-state index in [-0.39, 0.29) is 5.91 Å². The van der Waals surface area contributed by atoms with E-state index in [1.54, 1.807) is 11.3 Å². The number of anilines is 2. The Morgan fingerprint density at radius 2 is 1.93 bits per heavy atom. The summed E-state index contributed by atoms with van der Waals surface area (Å²) in [5.74, 6) is -1.12. The Hall–Kier alpha value is -2.67. The Balaban J connectivity index is 1.41. The van der Waals surface area contributed by atoms with Crippen molar-refractivity contribution in [1.29, 1.82) is 0 Å². The van der Waals surface area contributed by atoms with E-state index in [4.69, 9.17) is 0 Å². The molecule has 1 aromatic heterocycles. The number of rotatable bonds is 4. The van der Waals surface area contributed by atoms with Crippen LogP contribution >= 0.6 is 11.3 Å². The maximum Gasteiger partial charge on any atom is 0.313 e. The Bertz CT molecular complexity index is 875. The van der Waals surface area contributed by atoms with Gasteiger partial charge in [0.25, 0.3) is 0 Å². The molecule has 3 amide bonds. The highest BCUT2D eigenvalue weighted by molar-refractivity contribution is 7.07. The first-order chi connectivity index (χ1) is 13.1. The largest absolute Gasteiger partial charge is 0.347 e. The standard InChI is InChI=1S/C20H21N3O3S/c24-17-4-3-15-11-16(10-14-2-1-8-23(17)18(14)15)22-20(26)19(25)21-7-5-13-6-9-27-12-13/h6,9-12H,1-5,7-8H2,(H,21,25)(H,22,26). The summed E-state index contributed by atoms with van der Waals surface area (Å²) in [7, 11) is 0. The van der Waals surface area contributed by atoms with E-state index in [2.05, 4.69) is 10.6 Å². The Labute approximate surface area is 161 Å². The van der Waals surface area contributed by atoms with Gasteiger partial charge in [0.2, 0.25) is 5.91 Å². The highest BCUT2D eigenvalue weighted by Crippen LogP contribution is 2.37. The molecule has 7 heteroatoms. The summed E-state index contributed by atoms with van der Waals surface area (Å²) in [5.41, 5.74) is 4.92. The lowest BCUT2D eigenvalue weighted by atomic mass is 9.91. The van der Waals surface area contributed by atoms with Crippen LogP contribution in [0.25, 0.3) is 0 Å². The smallest absolute Gasteiger partial charge is 0.313 e. The van der Waals surface area contributed by atoms with Crippen LogP contribution in [-0.2, 0) is 33.6 Å². The Morgan fingerprint density at radius 1 is 1.11 bits per heavy atom. The molecule has 0 radical (unpaired) electrons. The number of nitrogens with one attached hydrogen (secondary N) is 2. The lowest BCUT2D eigenvalue weighted by molar-refractivity contribution is -0.136. The van der Waals surface area contributed by atoms with E-state index in [0.717, 1.165) is 41.8 Å². The van der Waals surface area contributed by atoms with Gasteiger partial charge in [0.1, 0.15) is 0 Å². The van der Waals surface area contributed by atoms with Crippen molar-refractivity contribution in [2.24, 2.45) is 0 Å². The summed E-state index contributed by atoms with van der Waals surface area (Å²) in [6.45, 7) is 1.19. The number of benzene rings is 1. The van der Waals surface area contributed by atoms with E-state index in [1.807, 2.05) is 33.9 Å². The first-order valence-corrected chi connectivity index (χ1v) is 10.1. The van der Waals surface area contributed by atoms with Gasteiger partial charge in [0.15, 0.2) is 0 Å². The van der Waals surface area contributed by atoms with Gasteiger partial charge in [-0.3, -0.25) is 14.4 Å². The van der Waals surface area contributed by atoms with Crippen molar-refractivity contribution in [2.45, 2.75) is 32.1 Å². The fourth-order valence-electron chi connectivity index (χ4n) is 3.75. The van der Waals surface area contributed by atoms with Gasteiger partial charge in [-0.25, -0.2) is 0 Å². The van der Waals surface area contributed by atoms with Crippen molar-refractivity contribution < 1.29 is 14.4 Å². The zero-order valence-electron chi connectivity index (χ0n) is 14.9. The van der Waals surface area contributed by atoms with E-state index >= 15 is 0 Å². The van der Waals surface area contributed by atoms with Gasteiger partial charge in [-0.05, 0) is 71.3 Å². The predicted molar refractivity (Wildman–Crippen MR) is 105 cm³/mol. The summed E-state index contributed by atoms with van der Waals surface area (Å²) in [6.07, 6.45) is 3.66. The van der Waals surface area contributed by atoms with Crippen molar-refractivity contribution >= 4 is 40.4 Å². The maximum absolute atomic E-state index is 12.2. The molecule has 0 fully saturated rings. The monoisotopic (exact) mass is 383 g/mol. The molecular formula is C20H21N3O3S. The molecule has 3 heterocycles. The average Bonchev–Trinajstić information content (AvgIpc) is 3.18. The van der Waals surface area contributed by atoms with Crippen molar-refractivity contribution in [3.05, 3.63) is 45.6 Å². The van der Waals surface area contributed by atoms with Crippen LogP contribution in [0.2, 0.25) is 0 Å². The van der Waals surface area contributed by atoms with Crippen molar-refractivity contribution in [1.82, 2.24) is 5.32 Å². The summed E-state index contributed by atoms with van der Waals surface area (Å²) in [6, 6.07) is 5.78. The SMILES string of the molecule is O=C(NCCc1ccsc1)C(=O)Nc1cc2c3c(c1)CCC(=O)N3CCC2. The molecule has 0 atom stereocenters. The van der Waals surface area contributed by atoms with Crippen LogP contribution in [0.4, 0.5) is 11.4 Å². The molecule has 1 aromatic carbocycles. The van der Waals surface area contributed by atoms with Gasteiger partial charge in [-0.1, -0.05) is 0 Å². The molecule has 2 aromatic rings. The number of amides is 3. The van der Waals surface area contributed by atoms with Gasteiger partial charge in [0.05, 0.1) is 5.69 Å². The number of carbonyl (C=O) groups excluding carboxylic acids is 3. The minimum atomic E-state index is -0.660. The second-order valence-corrected chi connectivity index (χ2v) is 7.66. The zero-order chi connectivity index (χ0) is 18.8. The fourth-order valence-corrected chi connectivity index (χ4v) is 4.45. The maximum atomic E-state index is 12.2. The summed E-state index contributed by atoms with van der Waals surface area (Å²) >= 11 is 1.61. The number of hydrogen-bond donors (Lipinski definition) is 2. The van der Waals surface area contributed by atoms with Crippen molar-refractivity contribution in [3.8, 4) is 0 Å². The lowest BCUT2D eigenvalue weighted by Crippen LogP contribution is -2.39. The normalized spacial score (nSPS) is 15.3. The third-order valence-electron chi connectivity index (χ3n) is 5.02. The molecule has 2 aliphatic heterocycles. The molecule has 6 nitrogen and oxygen atoms in total. The minimum absolute atomic E-state index is 0.172. The molecule has 0 saturated heterocycles. The Morgan fingerprint density at radius 3 is 2.70 bits per heavy atom. The van der Waals surface area contributed by atoms with Crippen LogP contribution in [-0.4, -0.2) is 30.8 Å². The average molecular weight is 383 g/mol. The molecule has 2 aliphatic rings. The van der Waals surface area contributed by atoms with Crippen LogP contribution in [0, 0.1) is 0 Å². The van der Waals surface area contributed by atoms with E-state index in [1.165, 1.54) is 0 Å². The molecule has 0 aliphatic carbocycles. The van der Waals surface area contributed by atoms with E-state index < -0.39 is 11.8 Å². The second kappa shape index (κ2) is 7.52. The summed E-state index contributed by atoms with van der Waals surface area (Å²) < 4.78 is 0.